The Bertz CT molecular complexity index is 1880. The maximum Gasteiger partial charge on any atom is 0.131 e. The van der Waals surface area contributed by atoms with Crippen molar-refractivity contribution in [2.45, 2.75) is 0 Å². The summed E-state index contributed by atoms with van der Waals surface area (Å²) >= 11 is 0. The average Bonchev–Trinajstić information content (AvgIpc) is 3.09. The van der Waals surface area contributed by atoms with Crippen molar-refractivity contribution in [1.29, 1.82) is 0 Å². The molecule has 6 aromatic rings. The van der Waals surface area contributed by atoms with Crippen LogP contribution in [0.4, 0.5) is 11.4 Å². The predicted octanol–water partition coefficient (Wildman–Crippen LogP) is 9.20. The van der Waals surface area contributed by atoms with E-state index in [2.05, 4.69) is 72.8 Å². The second-order valence-electron chi connectivity index (χ2n) is 10.1. The molecule has 0 amide bonds. The third kappa shape index (κ3) is 5.57. The van der Waals surface area contributed by atoms with E-state index in [1.165, 1.54) is 0 Å². The fourth-order valence-electron chi connectivity index (χ4n) is 5.39. The molecule has 0 radical (unpaired) electrons. The standard InChI is InChI=1S/C38H32N2O4/c1-41-29-17-13-27(35(21-29)43-3)23-39-33-19-15-25-9-5-7-11-31(25)37(33)38-32-12-8-6-10-26(32)16-20-34(38)40-24-28-14-18-30(42-2)22-36(28)44-4/h5-24H,1-4H3/b39-23-,40-24+. The number of rotatable bonds is 9. The Morgan fingerprint density at radius 1 is 0.455 bits per heavy atom. The highest BCUT2D eigenvalue weighted by molar-refractivity contribution is 6.13. The lowest BCUT2D eigenvalue weighted by atomic mass is 9.91. The Morgan fingerprint density at radius 2 is 0.886 bits per heavy atom. The van der Waals surface area contributed by atoms with Gasteiger partial charge in [-0.1, -0.05) is 60.7 Å². The minimum absolute atomic E-state index is 0.680. The van der Waals surface area contributed by atoms with Crippen molar-refractivity contribution in [1.82, 2.24) is 0 Å². The van der Waals surface area contributed by atoms with E-state index in [1.54, 1.807) is 28.4 Å². The van der Waals surface area contributed by atoms with Crippen LogP contribution in [0.1, 0.15) is 11.1 Å². The summed E-state index contributed by atoms with van der Waals surface area (Å²) in [6.07, 6.45) is 3.67. The van der Waals surface area contributed by atoms with Gasteiger partial charge in [-0.25, -0.2) is 0 Å². The van der Waals surface area contributed by atoms with Crippen molar-refractivity contribution in [2.75, 3.05) is 28.4 Å². The Hall–Kier alpha value is -5.62. The van der Waals surface area contributed by atoms with E-state index in [4.69, 9.17) is 28.9 Å². The van der Waals surface area contributed by atoms with Gasteiger partial charge >= 0.3 is 0 Å². The lowest BCUT2D eigenvalue weighted by Crippen LogP contribution is -1.93. The summed E-state index contributed by atoms with van der Waals surface area (Å²) in [6.45, 7) is 0. The number of hydrogen-bond donors (Lipinski definition) is 0. The summed E-state index contributed by atoms with van der Waals surface area (Å²) in [5.41, 5.74) is 5.31. The van der Waals surface area contributed by atoms with E-state index in [9.17, 15) is 0 Å². The molecule has 0 fully saturated rings. The van der Waals surface area contributed by atoms with E-state index in [0.29, 0.717) is 11.5 Å². The van der Waals surface area contributed by atoms with Gasteiger partial charge in [-0.3, -0.25) is 9.98 Å². The SMILES string of the molecule is COc1ccc(/C=N\c2ccc3ccccc3c2-c2c(/N=C/c3ccc(OC)cc3OC)ccc3ccccc23)c(OC)c1. The molecule has 0 N–H and O–H groups in total. The van der Waals surface area contributed by atoms with Gasteiger partial charge in [0, 0.05) is 46.8 Å². The van der Waals surface area contributed by atoms with Gasteiger partial charge in [-0.15, -0.1) is 0 Å². The molecule has 0 saturated carbocycles. The zero-order valence-corrected chi connectivity index (χ0v) is 25.1. The Labute approximate surface area is 256 Å². The van der Waals surface area contributed by atoms with Crippen molar-refractivity contribution in [3.63, 3.8) is 0 Å². The molecule has 6 heteroatoms. The molecule has 0 bridgehead atoms. The summed E-state index contributed by atoms with van der Waals surface area (Å²) < 4.78 is 22.0. The largest absolute Gasteiger partial charge is 0.497 e. The molecular formula is C38H32N2O4. The van der Waals surface area contributed by atoms with Crippen LogP contribution in [0.25, 0.3) is 32.7 Å². The van der Waals surface area contributed by atoms with E-state index in [-0.39, 0.29) is 0 Å². The van der Waals surface area contributed by atoms with Crippen LogP contribution in [-0.4, -0.2) is 40.9 Å². The van der Waals surface area contributed by atoms with Gasteiger partial charge in [0.25, 0.3) is 0 Å². The van der Waals surface area contributed by atoms with E-state index >= 15 is 0 Å². The highest BCUT2D eigenvalue weighted by Crippen LogP contribution is 2.45. The molecule has 0 heterocycles. The lowest BCUT2D eigenvalue weighted by molar-refractivity contribution is 0.393. The van der Waals surface area contributed by atoms with Crippen LogP contribution in [0.15, 0.2) is 119 Å². The monoisotopic (exact) mass is 580 g/mol. The van der Waals surface area contributed by atoms with Crippen LogP contribution < -0.4 is 18.9 Å². The molecule has 0 atom stereocenters. The maximum atomic E-state index is 5.64. The molecular weight excluding hydrogens is 548 g/mol. The summed E-state index contributed by atoms with van der Waals surface area (Å²) in [5.74, 6) is 2.80. The molecule has 6 nitrogen and oxygen atoms in total. The van der Waals surface area contributed by atoms with Crippen molar-refractivity contribution in [3.05, 3.63) is 120 Å². The summed E-state index contributed by atoms with van der Waals surface area (Å²) in [6, 6.07) is 36.5. The minimum Gasteiger partial charge on any atom is -0.497 e. The molecule has 0 aliphatic carbocycles. The normalized spacial score (nSPS) is 11.5. The number of fused-ring (bicyclic) bond motifs is 2. The fraction of sp³-hybridized carbons (Fsp3) is 0.105. The first-order valence-electron chi connectivity index (χ1n) is 14.2. The first-order chi connectivity index (χ1) is 21.6. The lowest BCUT2D eigenvalue weighted by Gasteiger charge is -2.16. The topological polar surface area (TPSA) is 61.6 Å². The molecule has 0 aliphatic rings. The zero-order valence-electron chi connectivity index (χ0n) is 25.1. The molecule has 44 heavy (non-hydrogen) atoms. The summed E-state index contributed by atoms with van der Waals surface area (Å²) in [7, 11) is 6.56. The van der Waals surface area contributed by atoms with Crippen molar-refractivity contribution >= 4 is 45.3 Å². The number of methoxy groups -OCH3 is 4. The fourth-order valence-corrected chi connectivity index (χ4v) is 5.39. The van der Waals surface area contributed by atoms with E-state index in [1.807, 2.05) is 48.8 Å². The third-order valence-corrected chi connectivity index (χ3v) is 7.63. The van der Waals surface area contributed by atoms with Gasteiger partial charge in [-0.05, 0) is 57.9 Å². The Balaban J connectivity index is 1.58. The van der Waals surface area contributed by atoms with Crippen LogP contribution >= 0.6 is 0 Å². The van der Waals surface area contributed by atoms with Crippen molar-refractivity contribution in [2.24, 2.45) is 9.98 Å². The predicted molar refractivity (Wildman–Crippen MR) is 180 cm³/mol. The van der Waals surface area contributed by atoms with Crippen LogP contribution in [0.2, 0.25) is 0 Å². The van der Waals surface area contributed by atoms with Gasteiger partial charge < -0.3 is 18.9 Å². The number of hydrogen-bond acceptors (Lipinski definition) is 6. The molecule has 0 aromatic heterocycles. The number of benzene rings is 6. The van der Waals surface area contributed by atoms with Gasteiger partial charge in [0.2, 0.25) is 0 Å². The molecule has 0 spiro atoms. The van der Waals surface area contributed by atoms with Crippen molar-refractivity contribution in [3.8, 4) is 34.1 Å². The average molecular weight is 581 g/mol. The molecule has 0 saturated heterocycles. The molecule has 218 valence electrons. The molecule has 6 rings (SSSR count). The smallest absolute Gasteiger partial charge is 0.131 e. The van der Waals surface area contributed by atoms with Crippen LogP contribution in [0.3, 0.4) is 0 Å². The third-order valence-electron chi connectivity index (χ3n) is 7.63. The second-order valence-corrected chi connectivity index (χ2v) is 10.1. The van der Waals surface area contributed by atoms with Gasteiger partial charge in [0.1, 0.15) is 23.0 Å². The van der Waals surface area contributed by atoms with Crippen molar-refractivity contribution < 1.29 is 18.9 Å². The number of aliphatic imine (C=N–C) groups is 2. The Kier molecular flexibility index (Phi) is 8.23. The quantitative estimate of drug-likeness (QED) is 0.160. The van der Waals surface area contributed by atoms with Crippen LogP contribution in [0, 0.1) is 0 Å². The van der Waals surface area contributed by atoms with Gasteiger partial charge in [-0.2, -0.15) is 0 Å². The zero-order chi connectivity index (χ0) is 30.5. The van der Waals surface area contributed by atoms with Gasteiger partial charge in [0.05, 0.1) is 39.8 Å². The van der Waals surface area contributed by atoms with Gasteiger partial charge in [0.15, 0.2) is 0 Å². The first-order valence-corrected chi connectivity index (χ1v) is 14.2. The van der Waals surface area contributed by atoms with Crippen LogP contribution in [-0.2, 0) is 0 Å². The van der Waals surface area contributed by atoms with E-state index in [0.717, 1.165) is 66.7 Å². The Morgan fingerprint density at radius 3 is 1.30 bits per heavy atom. The number of nitrogens with zero attached hydrogens (tertiary/aromatic N) is 2. The van der Waals surface area contributed by atoms with Crippen LogP contribution in [0.5, 0.6) is 23.0 Å². The minimum atomic E-state index is 0.680. The molecule has 0 aliphatic heterocycles. The molecule has 0 unspecified atom stereocenters. The number of ether oxygens (including phenoxy) is 4. The highest BCUT2D eigenvalue weighted by Gasteiger charge is 2.17. The first kappa shape index (κ1) is 28.5. The summed E-state index contributed by atoms with van der Waals surface area (Å²) in [4.78, 5) is 10.1. The summed E-state index contributed by atoms with van der Waals surface area (Å²) in [5, 5.41) is 4.39. The van der Waals surface area contributed by atoms with E-state index < -0.39 is 0 Å². The second kappa shape index (κ2) is 12.7. The maximum absolute atomic E-state index is 5.64. The molecule has 6 aromatic carbocycles. The highest BCUT2D eigenvalue weighted by atomic mass is 16.5.